The second-order valence-corrected chi connectivity index (χ2v) is 10.3. The molecule has 0 radical (unpaired) electrons. The van der Waals surface area contributed by atoms with Gasteiger partial charge in [0, 0.05) is 25.2 Å². The lowest BCUT2D eigenvalue weighted by Crippen LogP contribution is -2.33. The van der Waals surface area contributed by atoms with Gasteiger partial charge in [-0.2, -0.15) is 23.4 Å². The third-order valence-corrected chi connectivity index (χ3v) is 7.67. The van der Waals surface area contributed by atoms with Crippen molar-refractivity contribution in [2.75, 3.05) is 24.3 Å². The summed E-state index contributed by atoms with van der Waals surface area (Å²) in [5.74, 6) is 0.638. The van der Waals surface area contributed by atoms with Gasteiger partial charge >= 0.3 is 6.18 Å². The molecule has 0 aliphatic heterocycles. The molecule has 0 saturated carbocycles. The summed E-state index contributed by atoms with van der Waals surface area (Å²) in [6.07, 6.45) is -1.26. The van der Waals surface area contributed by atoms with E-state index < -0.39 is 21.8 Å². The van der Waals surface area contributed by atoms with Crippen LogP contribution < -0.4 is 13.8 Å². The first-order chi connectivity index (χ1) is 17.5. The van der Waals surface area contributed by atoms with Gasteiger partial charge in [0.25, 0.3) is 0 Å². The molecular formula is C24H26F3N5O4S. The Balaban J connectivity index is 1.68. The molecule has 0 bridgehead atoms. The minimum absolute atomic E-state index is 0.00126. The molecule has 198 valence electrons. The second-order valence-electron chi connectivity index (χ2n) is 8.34. The monoisotopic (exact) mass is 537 g/mol. The summed E-state index contributed by atoms with van der Waals surface area (Å²) in [5.41, 5.74) is 0.712. The lowest BCUT2D eigenvalue weighted by atomic mass is 10.1. The molecule has 0 aliphatic carbocycles. The molecule has 0 unspecified atom stereocenters. The average molecular weight is 538 g/mol. The highest BCUT2D eigenvalue weighted by Crippen LogP contribution is 2.39. The van der Waals surface area contributed by atoms with Crippen LogP contribution in [-0.2, 0) is 36.3 Å². The maximum Gasteiger partial charge on any atom is 0.419 e. The standard InChI is InChI=1S/C24H26F3N5O4S/c1-30-22-18(13-28-30)7-10-21(36-3)23(22)32(15-17-5-8-20(35-2)9-6-17)37(33,34)12-4-11-31-16-19(14-29-31)24(25,26)27/h5-10,13-14,16H,4,11-12,15H2,1-3H3. The molecule has 0 N–H and O–H groups in total. The number of aromatic nitrogens is 4. The zero-order valence-electron chi connectivity index (χ0n) is 20.4. The predicted molar refractivity (Wildman–Crippen MR) is 132 cm³/mol. The Hall–Kier alpha value is -3.74. The fourth-order valence-corrected chi connectivity index (χ4v) is 5.51. The van der Waals surface area contributed by atoms with E-state index in [1.165, 1.54) is 18.5 Å². The Morgan fingerprint density at radius 3 is 2.35 bits per heavy atom. The number of alkyl halides is 3. The molecule has 0 atom stereocenters. The highest BCUT2D eigenvalue weighted by atomic mass is 32.2. The number of hydrogen-bond donors (Lipinski definition) is 0. The first kappa shape index (κ1) is 26.3. The molecular weight excluding hydrogens is 511 g/mol. The average Bonchev–Trinajstić information content (AvgIpc) is 3.49. The highest BCUT2D eigenvalue weighted by Gasteiger charge is 2.32. The zero-order chi connectivity index (χ0) is 26.8. The molecule has 13 heteroatoms. The Morgan fingerprint density at radius 1 is 1.00 bits per heavy atom. The number of benzene rings is 2. The van der Waals surface area contributed by atoms with Crippen molar-refractivity contribution in [3.8, 4) is 11.5 Å². The van der Waals surface area contributed by atoms with Crippen molar-refractivity contribution >= 4 is 26.6 Å². The molecule has 0 amide bonds. The van der Waals surface area contributed by atoms with E-state index in [4.69, 9.17) is 9.47 Å². The van der Waals surface area contributed by atoms with Crippen LogP contribution in [0.4, 0.5) is 18.9 Å². The second kappa shape index (κ2) is 10.3. The van der Waals surface area contributed by atoms with Gasteiger partial charge in [0.15, 0.2) is 0 Å². The summed E-state index contributed by atoms with van der Waals surface area (Å²) in [5, 5.41) is 8.70. The van der Waals surface area contributed by atoms with Crippen LogP contribution in [0, 0.1) is 0 Å². The summed E-state index contributed by atoms with van der Waals surface area (Å²) >= 11 is 0. The molecule has 0 fully saturated rings. The lowest BCUT2D eigenvalue weighted by Gasteiger charge is -2.27. The Morgan fingerprint density at radius 2 is 1.73 bits per heavy atom. The zero-order valence-corrected chi connectivity index (χ0v) is 21.3. The SMILES string of the molecule is COc1ccc(CN(c2c(OC)ccc3cnn(C)c23)S(=O)(=O)CCCn2cc(C(F)(F)F)cn2)cc1. The summed E-state index contributed by atoms with van der Waals surface area (Å²) in [4.78, 5) is 0. The number of rotatable bonds is 10. The van der Waals surface area contributed by atoms with E-state index in [0.717, 1.165) is 22.5 Å². The van der Waals surface area contributed by atoms with Crippen LogP contribution in [0.1, 0.15) is 17.5 Å². The third kappa shape index (κ3) is 5.66. The maximum atomic E-state index is 13.8. The summed E-state index contributed by atoms with van der Waals surface area (Å²) in [6.45, 7) is -0.00823. The molecule has 37 heavy (non-hydrogen) atoms. The Kier molecular flexibility index (Phi) is 7.35. The molecule has 4 aromatic rings. The van der Waals surface area contributed by atoms with E-state index in [1.807, 2.05) is 0 Å². The van der Waals surface area contributed by atoms with Gasteiger partial charge in [0.2, 0.25) is 10.0 Å². The van der Waals surface area contributed by atoms with E-state index in [9.17, 15) is 21.6 Å². The third-order valence-electron chi connectivity index (χ3n) is 5.88. The Labute approximate surface area is 212 Å². The van der Waals surface area contributed by atoms with Crippen molar-refractivity contribution in [1.82, 2.24) is 19.6 Å². The van der Waals surface area contributed by atoms with Crippen molar-refractivity contribution in [1.29, 1.82) is 0 Å². The van der Waals surface area contributed by atoms with Crippen LogP contribution >= 0.6 is 0 Å². The van der Waals surface area contributed by atoms with Gasteiger partial charge in [-0.05, 0) is 36.2 Å². The first-order valence-electron chi connectivity index (χ1n) is 11.2. The smallest absolute Gasteiger partial charge is 0.419 e. The molecule has 0 saturated heterocycles. The van der Waals surface area contributed by atoms with Gasteiger partial charge in [0.05, 0.1) is 50.0 Å². The van der Waals surface area contributed by atoms with Crippen LogP contribution in [-0.4, -0.2) is 48.0 Å². The highest BCUT2D eigenvalue weighted by molar-refractivity contribution is 7.92. The number of methoxy groups -OCH3 is 2. The van der Waals surface area contributed by atoms with E-state index in [-0.39, 0.29) is 25.3 Å². The van der Waals surface area contributed by atoms with Crippen LogP contribution in [0.25, 0.3) is 10.9 Å². The molecule has 9 nitrogen and oxygen atoms in total. The quantitative estimate of drug-likeness (QED) is 0.301. The van der Waals surface area contributed by atoms with E-state index in [1.54, 1.807) is 54.3 Å². The van der Waals surface area contributed by atoms with Gasteiger partial charge in [-0.25, -0.2) is 8.42 Å². The number of halogens is 3. The van der Waals surface area contributed by atoms with Crippen LogP contribution in [0.5, 0.6) is 11.5 Å². The number of fused-ring (bicyclic) bond motifs is 1. The number of sulfonamides is 1. The topological polar surface area (TPSA) is 91.5 Å². The minimum Gasteiger partial charge on any atom is -0.497 e. The number of hydrogen-bond acceptors (Lipinski definition) is 6. The van der Waals surface area contributed by atoms with Gasteiger partial charge in [-0.3, -0.25) is 13.7 Å². The van der Waals surface area contributed by atoms with Crippen molar-refractivity contribution in [3.63, 3.8) is 0 Å². The van der Waals surface area contributed by atoms with Crippen LogP contribution in [0.3, 0.4) is 0 Å². The van der Waals surface area contributed by atoms with E-state index in [0.29, 0.717) is 28.3 Å². The summed E-state index contributed by atoms with van der Waals surface area (Å²) < 4.78 is 80.9. The molecule has 2 heterocycles. The van der Waals surface area contributed by atoms with Crippen LogP contribution in [0.15, 0.2) is 55.0 Å². The van der Waals surface area contributed by atoms with E-state index >= 15 is 0 Å². The number of nitrogens with zero attached hydrogens (tertiary/aromatic N) is 5. The number of ether oxygens (including phenoxy) is 2. The predicted octanol–water partition coefficient (Wildman–Crippen LogP) is 4.23. The van der Waals surface area contributed by atoms with Gasteiger partial charge in [-0.15, -0.1) is 0 Å². The minimum atomic E-state index is -4.52. The molecule has 4 rings (SSSR count). The van der Waals surface area contributed by atoms with Crippen molar-refractivity contribution in [2.24, 2.45) is 7.05 Å². The number of anilines is 1. The molecule has 2 aromatic carbocycles. The summed E-state index contributed by atoms with van der Waals surface area (Å²) in [6, 6.07) is 10.5. The fourth-order valence-electron chi connectivity index (χ4n) is 4.00. The summed E-state index contributed by atoms with van der Waals surface area (Å²) in [7, 11) is 0.718. The van der Waals surface area contributed by atoms with E-state index in [2.05, 4.69) is 10.2 Å². The lowest BCUT2D eigenvalue weighted by molar-refractivity contribution is -0.137. The van der Waals surface area contributed by atoms with Crippen molar-refractivity contribution in [2.45, 2.75) is 25.7 Å². The Bertz CT molecular complexity index is 1480. The maximum absolute atomic E-state index is 13.8. The molecule has 2 aromatic heterocycles. The van der Waals surface area contributed by atoms with Gasteiger partial charge in [0.1, 0.15) is 17.2 Å². The molecule has 0 aliphatic rings. The fraction of sp³-hybridized carbons (Fsp3) is 0.333. The van der Waals surface area contributed by atoms with Crippen molar-refractivity contribution < 1.29 is 31.1 Å². The van der Waals surface area contributed by atoms with Crippen molar-refractivity contribution in [3.05, 3.63) is 66.1 Å². The molecule has 0 spiro atoms. The largest absolute Gasteiger partial charge is 0.497 e. The van der Waals surface area contributed by atoms with Gasteiger partial charge in [-0.1, -0.05) is 12.1 Å². The van der Waals surface area contributed by atoms with Gasteiger partial charge < -0.3 is 9.47 Å². The first-order valence-corrected chi connectivity index (χ1v) is 12.9. The number of aryl methyl sites for hydroxylation is 2. The normalized spacial score (nSPS) is 12.2. The van der Waals surface area contributed by atoms with Crippen LogP contribution in [0.2, 0.25) is 0 Å².